The number of hydrogen-bond acceptors (Lipinski definition) is 9. The molecule has 0 aliphatic carbocycles. The molecule has 2 aromatic carbocycles. The number of carboxylic acids is 1. The predicted octanol–water partition coefficient (Wildman–Crippen LogP) is 2.24. The van der Waals surface area contributed by atoms with Crippen LogP contribution >= 0.6 is 0 Å². The third kappa shape index (κ3) is 10.2. The van der Waals surface area contributed by atoms with Crippen molar-refractivity contribution >= 4 is 39.4 Å². The summed E-state index contributed by atoms with van der Waals surface area (Å²) < 4.78 is 31.0. The Balaban J connectivity index is 0.00000119. The number of benzene rings is 2. The standard InChI is InChI=1S/C27H29N5O6.CH4O3S/c1-14(2)21(13-33)31-25(34)16-6-9-18(20(12-16)27(36)37)19-10-11-22(38-3)32-23(19)26(35)30-17-7-4-15(5-8-17)24(28)29;1-5(2,3)4/h4-12,14,21,33H,13H2,1-3H3,(H3,28,29)(H,30,35)(H,31,34)(H,36,37);1H3,(H,2,3,4). The fourth-order valence-electron chi connectivity index (χ4n) is 3.64. The van der Waals surface area contributed by atoms with Gasteiger partial charge in [0, 0.05) is 28.4 Å². The molecule has 0 bridgehead atoms. The number of carboxylic acid groups (broad SMARTS) is 1. The number of hydrogen-bond donors (Lipinski definition) is 7. The maximum atomic E-state index is 13.2. The minimum atomic E-state index is -3.67. The van der Waals surface area contributed by atoms with E-state index in [0.29, 0.717) is 17.5 Å². The first kappa shape index (κ1) is 34.3. The highest BCUT2D eigenvalue weighted by Gasteiger charge is 2.23. The van der Waals surface area contributed by atoms with E-state index in [-0.39, 0.29) is 52.2 Å². The maximum Gasteiger partial charge on any atom is 0.336 e. The average molecular weight is 616 g/mol. The molecule has 1 aromatic heterocycles. The Morgan fingerprint density at radius 1 is 1.00 bits per heavy atom. The van der Waals surface area contributed by atoms with Crippen molar-refractivity contribution in [1.82, 2.24) is 10.3 Å². The Kier molecular flexibility index (Phi) is 11.9. The molecule has 3 rings (SSSR count). The van der Waals surface area contributed by atoms with Gasteiger partial charge < -0.3 is 31.3 Å². The molecule has 0 aliphatic rings. The number of amides is 2. The lowest BCUT2D eigenvalue weighted by Gasteiger charge is -2.20. The van der Waals surface area contributed by atoms with E-state index in [1.807, 2.05) is 13.8 Å². The zero-order valence-electron chi connectivity index (χ0n) is 23.8. The van der Waals surface area contributed by atoms with Gasteiger partial charge in [-0.25, -0.2) is 9.78 Å². The van der Waals surface area contributed by atoms with E-state index in [1.165, 1.54) is 37.4 Å². The molecule has 3 aromatic rings. The second kappa shape index (κ2) is 14.9. The number of aromatic nitrogens is 1. The summed E-state index contributed by atoms with van der Waals surface area (Å²) in [7, 11) is -2.28. The van der Waals surface area contributed by atoms with Gasteiger partial charge in [0.2, 0.25) is 5.88 Å². The zero-order valence-corrected chi connectivity index (χ0v) is 24.6. The number of aliphatic hydroxyl groups is 1. The molecule has 0 saturated carbocycles. The number of aliphatic hydroxyl groups excluding tert-OH is 1. The third-order valence-corrected chi connectivity index (χ3v) is 5.87. The highest BCUT2D eigenvalue weighted by molar-refractivity contribution is 7.85. The Labute approximate surface area is 248 Å². The molecule has 1 unspecified atom stereocenters. The topological polar surface area (TPSA) is 242 Å². The number of nitrogens with one attached hydrogen (secondary N) is 3. The van der Waals surface area contributed by atoms with Gasteiger partial charge in [-0.15, -0.1) is 0 Å². The van der Waals surface area contributed by atoms with Crippen LogP contribution in [0, 0.1) is 11.3 Å². The van der Waals surface area contributed by atoms with E-state index in [9.17, 15) is 33.0 Å². The van der Waals surface area contributed by atoms with Crippen LogP contribution < -0.4 is 21.1 Å². The number of anilines is 1. The first-order valence-electron chi connectivity index (χ1n) is 12.6. The number of nitrogen functional groups attached to an aromatic ring is 1. The van der Waals surface area contributed by atoms with Gasteiger partial charge in [0.1, 0.15) is 11.5 Å². The van der Waals surface area contributed by atoms with Gasteiger partial charge >= 0.3 is 5.97 Å². The van der Waals surface area contributed by atoms with E-state index >= 15 is 0 Å². The maximum absolute atomic E-state index is 13.2. The van der Waals surface area contributed by atoms with Crippen molar-refractivity contribution in [3.05, 3.63) is 77.0 Å². The van der Waals surface area contributed by atoms with Gasteiger partial charge in [-0.05, 0) is 53.9 Å². The number of carbonyl (C=O) groups is 3. The van der Waals surface area contributed by atoms with Gasteiger partial charge in [-0.2, -0.15) is 8.42 Å². The van der Waals surface area contributed by atoms with Crippen LogP contribution in [0.1, 0.15) is 50.6 Å². The van der Waals surface area contributed by atoms with Crippen LogP contribution in [0.2, 0.25) is 0 Å². The molecule has 8 N–H and O–H groups in total. The lowest BCUT2D eigenvalue weighted by Crippen LogP contribution is -2.41. The summed E-state index contributed by atoms with van der Waals surface area (Å²) in [6, 6.07) is 12.9. The molecule has 0 aliphatic heterocycles. The molecule has 0 fully saturated rings. The van der Waals surface area contributed by atoms with Crippen molar-refractivity contribution in [1.29, 1.82) is 5.41 Å². The van der Waals surface area contributed by atoms with Crippen LogP contribution in [0.4, 0.5) is 5.69 Å². The van der Waals surface area contributed by atoms with Crippen molar-refractivity contribution < 1.29 is 42.3 Å². The van der Waals surface area contributed by atoms with Crippen LogP contribution in [0.15, 0.2) is 54.6 Å². The lowest BCUT2D eigenvalue weighted by atomic mass is 9.95. The van der Waals surface area contributed by atoms with E-state index in [0.717, 1.165) is 0 Å². The van der Waals surface area contributed by atoms with Crippen LogP contribution in [-0.4, -0.2) is 77.8 Å². The Bertz CT molecular complexity index is 1600. The summed E-state index contributed by atoms with van der Waals surface area (Å²) in [4.78, 5) is 42.4. The average Bonchev–Trinajstić information content (AvgIpc) is 2.94. The molecule has 0 saturated heterocycles. The van der Waals surface area contributed by atoms with Crippen molar-refractivity contribution in [3.8, 4) is 17.0 Å². The Morgan fingerprint density at radius 3 is 2.05 bits per heavy atom. The monoisotopic (exact) mass is 615 g/mol. The molecule has 1 heterocycles. The largest absolute Gasteiger partial charge is 0.481 e. The normalized spacial score (nSPS) is 11.5. The number of nitrogens with two attached hydrogens (primary N) is 1. The highest BCUT2D eigenvalue weighted by Crippen LogP contribution is 2.30. The third-order valence-electron chi connectivity index (χ3n) is 5.87. The fraction of sp³-hybridized carbons (Fsp3) is 0.250. The molecular weight excluding hydrogens is 582 g/mol. The summed E-state index contributed by atoms with van der Waals surface area (Å²) in [5.74, 6) is -2.48. The Morgan fingerprint density at radius 2 is 1.56 bits per heavy atom. The van der Waals surface area contributed by atoms with Crippen LogP contribution in [-0.2, 0) is 10.1 Å². The summed E-state index contributed by atoms with van der Waals surface area (Å²) >= 11 is 0. The lowest BCUT2D eigenvalue weighted by molar-refractivity contribution is 0.0697. The Hall–Kier alpha value is -4.86. The molecule has 230 valence electrons. The minimum absolute atomic E-state index is 0.0349. The number of amidine groups is 1. The quantitative estimate of drug-likeness (QED) is 0.0990. The summed E-state index contributed by atoms with van der Waals surface area (Å²) in [6.07, 6.45) is 0.715. The van der Waals surface area contributed by atoms with Crippen molar-refractivity contribution in [3.63, 3.8) is 0 Å². The van der Waals surface area contributed by atoms with Crippen molar-refractivity contribution in [2.75, 3.05) is 25.3 Å². The van der Waals surface area contributed by atoms with Gasteiger partial charge in [-0.1, -0.05) is 19.9 Å². The van der Waals surface area contributed by atoms with Gasteiger partial charge in [0.15, 0.2) is 0 Å². The predicted molar refractivity (Wildman–Crippen MR) is 159 cm³/mol. The zero-order chi connectivity index (χ0) is 32.5. The number of rotatable bonds is 10. The molecule has 43 heavy (non-hydrogen) atoms. The highest BCUT2D eigenvalue weighted by atomic mass is 32.2. The van der Waals surface area contributed by atoms with Crippen molar-refractivity contribution in [2.24, 2.45) is 11.7 Å². The van der Waals surface area contributed by atoms with Gasteiger partial charge in [0.25, 0.3) is 21.9 Å². The number of methoxy groups -OCH3 is 1. The molecular formula is C28H33N5O9S. The number of pyridine rings is 1. The van der Waals surface area contributed by atoms with E-state index in [2.05, 4.69) is 15.6 Å². The SMILES string of the molecule is COc1ccc(-c2ccc(C(=O)NC(CO)C(C)C)cc2C(=O)O)c(C(=O)Nc2ccc(C(=N)N)cc2)n1.CS(=O)(=O)O. The van der Waals surface area contributed by atoms with Crippen LogP contribution in [0.25, 0.3) is 11.1 Å². The number of ether oxygens (including phenoxy) is 1. The minimum Gasteiger partial charge on any atom is -0.481 e. The smallest absolute Gasteiger partial charge is 0.336 e. The molecule has 1 atom stereocenters. The van der Waals surface area contributed by atoms with E-state index in [1.54, 1.807) is 24.3 Å². The van der Waals surface area contributed by atoms with Crippen molar-refractivity contribution in [2.45, 2.75) is 19.9 Å². The molecule has 15 heteroatoms. The first-order chi connectivity index (χ1) is 20.0. The summed E-state index contributed by atoms with van der Waals surface area (Å²) in [6.45, 7) is 3.42. The summed E-state index contributed by atoms with van der Waals surface area (Å²) in [5, 5.41) is 32.3. The number of nitrogens with zero attached hydrogens (tertiary/aromatic N) is 1. The van der Waals surface area contributed by atoms with E-state index < -0.39 is 33.9 Å². The number of aromatic carboxylic acids is 1. The second-order valence-electron chi connectivity index (χ2n) is 9.50. The van der Waals surface area contributed by atoms with Gasteiger partial charge in [-0.3, -0.25) is 19.6 Å². The van der Waals surface area contributed by atoms with Gasteiger partial charge in [0.05, 0.1) is 31.6 Å². The second-order valence-corrected chi connectivity index (χ2v) is 11.0. The fourth-order valence-corrected chi connectivity index (χ4v) is 3.64. The molecule has 2 amide bonds. The molecule has 14 nitrogen and oxygen atoms in total. The molecule has 0 radical (unpaired) electrons. The van der Waals surface area contributed by atoms with Crippen LogP contribution in [0.3, 0.4) is 0 Å². The first-order valence-corrected chi connectivity index (χ1v) is 14.4. The number of carbonyl (C=O) groups excluding carboxylic acids is 2. The summed E-state index contributed by atoms with van der Waals surface area (Å²) in [5.41, 5.74) is 6.52. The van der Waals surface area contributed by atoms with E-state index in [4.69, 9.17) is 20.4 Å². The molecule has 0 spiro atoms. The van der Waals surface area contributed by atoms with Crippen LogP contribution in [0.5, 0.6) is 5.88 Å².